The number of hydrogen-bond acceptors (Lipinski definition) is 3. The molecule has 0 aliphatic carbocycles. The number of hydrogen-bond donors (Lipinski definition) is 0. The van der Waals surface area contributed by atoms with Crippen LogP contribution in [0.15, 0.2) is 18.2 Å². The van der Waals surface area contributed by atoms with Crippen LogP contribution in [0.1, 0.15) is 15.9 Å². The summed E-state index contributed by atoms with van der Waals surface area (Å²) < 4.78 is 13.9. The zero-order valence-corrected chi connectivity index (χ0v) is 13.1. The van der Waals surface area contributed by atoms with Crippen LogP contribution in [0.3, 0.4) is 0 Å². The Morgan fingerprint density at radius 3 is 2.48 bits per heavy atom. The molecule has 1 fully saturated rings. The first-order valence-corrected chi connectivity index (χ1v) is 7.40. The molecule has 1 aliphatic heterocycles. The molecular weight excluding hydrogens is 269 g/mol. The maximum absolute atomic E-state index is 13.9. The lowest BCUT2D eigenvalue weighted by atomic mass is 10.1. The molecular formula is C16H24FN3O. The molecule has 1 heterocycles. The Bertz CT molecular complexity index is 496. The minimum atomic E-state index is -0.421. The molecule has 1 aliphatic rings. The van der Waals surface area contributed by atoms with Gasteiger partial charge in [-0.2, -0.15) is 0 Å². The van der Waals surface area contributed by atoms with Crippen molar-refractivity contribution in [3.8, 4) is 0 Å². The standard InChI is InChI=1S/C16H24FN3O/c1-13-4-5-14(15(17)12-13)16(21)20-10-8-19(9-11-20)7-6-18(2)3/h4-5,12H,6-11H2,1-3H3. The summed E-state index contributed by atoms with van der Waals surface area (Å²) in [7, 11) is 4.11. The maximum atomic E-state index is 13.9. The summed E-state index contributed by atoms with van der Waals surface area (Å²) in [4.78, 5) is 18.6. The molecule has 5 heteroatoms. The first kappa shape index (κ1) is 15.9. The van der Waals surface area contributed by atoms with Crippen LogP contribution < -0.4 is 0 Å². The molecule has 0 radical (unpaired) electrons. The second kappa shape index (κ2) is 7.00. The molecule has 1 aromatic rings. The third-order valence-corrected chi connectivity index (χ3v) is 3.88. The molecule has 0 bridgehead atoms. The highest BCUT2D eigenvalue weighted by molar-refractivity contribution is 5.94. The van der Waals surface area contributed by atoms with E-state index in [-0.39, 0.29) is 11.5 Å². The third kappa shape index (κ3) is 4.25. The molecule has 0 saturated carbocycles. The normalized spacial score (nSPS) is 16.5. The molecule has 21 heavy (non-hydrogen) atoms. The van der Waals surface area contributed by atoms with Crippen LogP contribution in [0.2, 0.25) is 0 Å². The van der Waals surface area contributed by atoms with Crippen LogP contribution >= 0.6 is 0 Å². The average molecular weight is 293 g/mol. The van der Waals surface area contributed by atoms with Crippen molar-refractivity contribution in [2.75, 3.05) is 53.4 Å². The van der Waals surface area contributed by atoms with Gasteiger partial charge in [-0.1, -0.05) is 6.07 Å². The van der Waals surface area contributed by atoms with Crippen molar-refractivity contribution in [3.63, 3.8) is 0 Å². The molecule has 1 aromatic carbocycles. The largest absolute Gasteiger partial charge is 0.336 e. The first-order valence-electron chi connectivity index (χ1n) is 7.40. The van der Waals surface area contributed by atoms with Crippen LogP contribution in [-0.4, -0.2) is 74.0 Å². The molecule has 4 nitrogen and oxygen atoms in total. The number of rotatable bonds is 4. The number of benzene rings is 1. The zero-order valence-electron chi connectivity index (χ0n) is 13.1. The van der Waals surface area contributed by atoms with Gasteiger partial charge in [0.2, 0.25) is 0 Å². The first-order chi connectivity index (χ1) is 9.97. The summed E-state index contributed by atoms with van der Waals surface area (Å²) in [5.74, 6) is -0.616. The Balaban J connectivity index is 1.91. The number of likely N-dealkylation sites (N-methyl/N-ethyl adjacent to an activating group) is 1. The van der Waals surface area contributed by atoms with Gasteiger partial charge in [-0.05, 0) is 38.7 Å². The zero-order chi connectivity index (χ0) is 15.4. The van der Waals surface area contributed by atoms with Crippen molar-refractivity contribution in [1.29, 1.82) is 0 Å². The van der Waals surface area contributed by atoms with Gasteiger partial charge >= 0.3 is 0 Å². The highest BCUT2D eigenvalue weighted by Gasteiger charge is 2.23. The van der Waals surface area contributed by atoms with Crippen molar-refractivity contribution < 1.29 is 9.18 Å². The van der Waals surface area contributed by atoms with Gasteiger partial charge in [-0.25, -0.2) is 4.39 Å². The Hall–Kier alpha value is -1.46. The van der Waals surface area contributed by atoms with Crippen molar-refractivity contribution in [1.82, 2.24) is 14.7 Å². The second-order valence-corrected chi connectivity index (χ2v) is 5.92. The number of amides is 1. The lowest BCUT2D eigenvalue weighted by Gasteiger charge is -2.35. The molecule has 0 unspecified atom stereocenters. The van der Waals surface area contributed by atoms with Crippen molar-refractivity contribution in [2.45, 2.75) is 6.92 Å². The number of aryl methyl sites for hydroxylation is 1. The molecule has 2 rings (SSSR count). The monoisotopic (exact) mass is 293 g/mol. The molecule has 0 atom stereocenters. The van der Waals surface area contributed by atoms with E-state index in [4.69, 9.17) is 0 Å². The summed E-state index contributed by atoms with van der Waals surface area (Å²) >= 11 is 0. The SMILES string of the molecule is Cc1ccc(C(=O)N2CCN(CCN(C)C)CC2)c(F)c1. The lowest BCUT2D eigenvalue weighted by Crippen LogP contribution is -2.50. The predicted octanol–water partition coefficient (Wildman–Crippen LogP) is 1.45. The Morgan fingerprint density at radius 1 is 1.24 bits per heavy atom. The smallest absolute Gasteiger partial charge is 0.256 e. The van der Waals surface area contributed by atoms with Gasteiger partial charge in [0.25, 0.3) is 5.91 Å². The van der Waals surface area contributed by atoms with Crippen LogP contribution in [0.4, 0.5) is 4.39 Å². The second-order valence-electron chi connectivity index (χ2n) is 5.92. The van der Waals surface area contributed by atoms with E-state index in [9.17, 15) is 9.18 Å². The van der Waals surface area contributed by atoms with Gasteiger partial charge in [0.15, 0.2) is 0 Å². The fourth-order valence-corrected chi connectivity index (χ4v) is 2.48. The fraction of sp³-hybridized carbons (Fsp3) is 0.562. The van der Waals surface area contributed by atoms with Gasteiger partial charge in [-0.3, -0.25) is 9.69 Å². The van der Waals surface area contributed by atoms with Gasteiger partial charge < -0.3 is 9.80 Å². The number of carbonyl (C=O) groups is 1. The summed E-state index contributed by atoms with van der Waals surface area (Å²) in [5.41, 5.74) is 1.01. The molecule has 0 spiro atoms. The average Bonchev–Trinajstić information content (AvgIpc) is 2.45. The Labute approximate surface area is 126 Å². The van der Waals surface area contributed by atoms with Crippen molar-refractivity contribution in [2.24, 2.45) is 0 Å². The minimum Gasteiger partial charge on any atom is -0.336 e. The van der Waals surface area contributed by atoms with E-state index < -0.39 is 5.82 Å². The maximum Gasteiger partial charge on any atom is 0.256 e. The van der Waals surface area contributed by atoms with Crippen LogP contribution in [0, 0.1) is 12.7 Å². The number of halogens is 1. The minimum absolute atomic E-state index is 0.183. The predicted molar refractivity (Wildman–Crippen MR) is 82.0 cm³/mol. The highest BCUT2D eigenvalue weighted by atomic mass is 19.1. The molecule has 1 saturated heterocycles. The van der Waals surface area contributed by atoms with Gasteiger partial charge in [-0.15, -0.1) is 0 Å². The molecule has 0 N–H and O–H groups in total. The topological polar surface area (TPSA) is 26.8 Å². The number of nitrogens with zero attached hydrogens (tertiary/aromatic N) is 3. The van der Waals surface area contributed by atoms with Crippen LogP contribution in [0.5, 0.6) is 0 Å². The number of carbonyl (C=O) groups excluding carboxylic acids is 1. The van der Waals surface area contributed by atoms with E-state index >= 15 is 0 Å². The Morgan fingerprint density at radius 2 is 1.90 bits per heavy atom. The van der Waals surface area contributed by atoms with E-state index in [0.717, 1.165) is 31.7 Å². The van der Waals surface area contributed by atoms with Crippen LogP contribution in [0.25, 0.3) is 0 Å². The van der Waals surface area contributed by atoms with Crippen molar-refractivity contribution >= 4 is 5.91 Å². The summed E-state index contributed by atoms with van der Waals surface area (Å²) in [6, 6.07) is 4.79. The van der Waals surface area contributed by atoms with Crippen molar-refractivity contribution in [3.05, 3.63) is 35.1 Å². The van der Waals surface area contributed by atoms with Crippen LogP contribution in [-0.2, 0) is 0 Å². The van der Waals surface area contributed by atoms with E-state index in [0.29, 0.717) is 13.1 Å². The number of piperazine rings is 1. The Kier molecular flexibility index (Phi) is 5.31. The quantitative estimate of drug-likeness (QED) is 0.841. The van der Waals surface area contributed by atoms with E-state index in [1.165, 1.54) is 6.07 Å². The van der Waals surface area contributed by atoms with Gasteiger partial charge in [0.05, 0.1) is 5.56 Å². The summed E-state index contributed by atoms with van der Waals surface area (Å²) in [6.45, 7) is 6.88. The summed E-state index contributed by atoms with van der Waals surface area (Å²) in [5, 5.41) is 0. The van der Waals surface area contributed by atoms with E-state index in [1.807, 2.05) is 6.92 Å². The third-order valence-electron chi connectivity index (χ3n) is 3.88. The molecule has 0 aromatic heterocycles. The lowest BCUT2D eigenvalue weighted by molar-refractivity contribution is 0.0625. The molecule has 116 valence electrons. The fourth-order valence-electron chi connectivity index (χ4n) is 2.48. The van der Waals surface area contributed by atoms with Gasteiger partial charge in [0, 0.05) is 39.3 Å². The molecule has 1 amide bonds. The summed E-state index contributed by atoms with van der Waals surface area (Å²) in [6.07, 6.45) is 0. The van der Waals surface area contributed by atoms with E-state index in [2.05, 4.69) is 23.9 Å². The van der Waals surface area contributed by atoms with Gasteiger partial charge in [0.1, 0.15) is 5.82 Å². The van der Waals surface area contributed by atoms with E-state index in [1.54, 1.807) is 17.0 Å². The highest BCUT2D eigenvalue weighted by Crippen LogP contribution is 2.14.